The highest BCUT2D eigenvalue weighted by Crippen LogP contribution is 2.39. The first-order chi connectivity index (χ1) is 9.19. The number of nitrogens with one attached hydrogen (secondary N) is 1. The Kier molecular flexibility index (Phi) is 4.01. The van der Waals surface area contributed by atoms with Gasteiger partial charge in [-0.2, -0.15) is 0 Å². The molecule has 0 aliphatic carbocycles. The molecule has 2 fully saturated rings. The average Bonchev–Trinajstić information content (AvgIpc) is 2.85. The minimum absolute atomic E-state index is 0.380. The van der Waals surface area contributed by atoms with Crippen molar-refractivity contribution in [2.24, 2.45) is 5.41 Å². The molecule has 2 atom stereocenters. The van der Waals surface area contributed by atoms with Gasteiger partial charge in [0, 0.05) is 13.1 Å². The molecular formula is C15H23BrN2O. The third kappa shape index (κ3) is 2.91. The quantitative estimate of drug-likeness (QED) is 0.900. The van der Waals surface area contributed by atoms with Crippen LogP contribution >= 0.6 is 15.9 Å². The molecule has 3 nitrogen and oxygen atoms in total. The summed E-state index contributed by atoms with van der Waals surface area (Å²) in [7, 11) is 0. The van der Waals surface area contributed by atoms with Crippen LogP contribution in [0.4, 0.5) is 0 Å². The molecule has 1 spiro atoms. The number of rotatable bonds is 2. The van der Waals surface area contributed by atoms with Crippen molar-refractivity contribution in [3.63, 3.8) is 0 Å². The van der Waals surface area contributed by atoms with E-state index >= 15 is 0 Å². The smallest absolute Gasteiger partial charge is 0.169 e. The van der Waals surface area contributed by atoms with Gasteiger partial charge in [-0.15, -0.1) is 0 Å². The van der Waals surface area contributed by atoms with Crippen LogP contribution in [0.5, 0.6) is 0 Å². The van der Waals surface area contributed by atoms with Crippen LogP contribution in [-0.4, -0.2) is 31.1 Å². The Labute approximate surface area is 123 Å². The molecule has 1 aromatic heterocycles. The van der Waals surface area contributed by atoms with E-state index < -0.39 is 0 Å². The molecule has 19 heavy (non-hydrogen) atoms. The summed E-state index contributed by atoms with van der Waals surface area (Å²) in [5.41, 5.74) is 0.509. The first-order valence-corrected chi connectivity index (χ1v) is 8.18. The molecule has 0 amide bonds. The number of halogens is 1. The largest absolute Gasteiger partial charge is 0.453 e. The number of hydrogen-bond acceptors (Lipinski definition) is 3. The number of furan rings is 1. The summed E-state index contributed by atoms with van der Waals surface area (Å²) >= 11 is 3.40. The zero-order chi connectivity index (χ0) is 13.3. The normalized spacial score (nSPS) is 30.6. The maximum Gasteiger partial charge on any atom is 0.169 e. The van der Waals surface area contributed by atoms with Crippen LogP contribution in [0.15, 0.2) is 21.2 Å². The predicted octanol–water partition coefficient (Wildman–Crippen LogP) is 3.57. The van der Waals surface area contributed by atoms with Crippen LogP contribution in [0.3, 0.4) is 0 Å². The summed E-state index contributed by atoms with van der Waals surface area (Å²) in [6, 6.07) is 4.47. The third-order valence-electron chi connectivity index (χ3n) is 4.81. The molecular weight excluding hydrogens is 304 g/mol. The van der Waals surface area contributed by atoms with Crippen molar-refractivity contribution in [3.05, 3.63) is 22.6 Å². The first kappa shape index (κ1) is 13.7. The van der Waals surface area contributed by atoms with E-state index in [-0.39, 0.29) is 0 Å². The lowest BCUT2D eigenvalue weighted by Gasteiger charge is -2.47. The van der Waals surface area contributed by atoms with Crippen molar-refractivity contribution in [3.8, 4) is 0 Å². The lowest BCUT2D eigenvalue weighted by molar-refractivity contribution is 0.0358. The minimum atomic E-state index is 0.380. The van der Waals surface area contributed by atoms with Crippen molar-refractivity contribution in [2.75, 3.05) is 26.2 Å². The van der Waals surface area contributed by atoms with Crippen molar-refractivity contribution >= 4 is 15.9 Å². The fraction of sp³-hybridized carbons (Fsp3) is 0.733. The average molecular weight is 327 g/mol. The minimum Gasteiger partial charge on any atom is -0.453 e. The van der Waals surface area contributed by atoms with Gasteiger partial charge in [-0.05, 0) is 79.2 Å². The van der Waals surface area contributed by atoms with Crippen molar-refractivity contribution in [1.82, 2.24) is 10.2 Å². The molecule has 4 heteroatoms. The zero-order valence-corrected chi connectivity index (χ0v) is 13.2. The topological polar surface area (TPSA) is 28.4 Å². The zero-order valence-electron chi connectivity index (χ0n) is 11.6. The summed E-state index contributed by atoms with van der Waals surface area (Å²) in [6.45, 7) is 7.06. The monoisotopic (exact) mass is 326 g/mol. The molecule has 106 valence electrons. The Morgan fingerprint density at radius 3 is 2.89 bits per heavy atom. The molecule has 0 saturated carbocycles. The highest BCUT2D eigenvalue weighted by molar-refractivity contribution is 9.10. The van der Waals surface area contributed by atoms with Crippen molar-refractivity contribution in [2.45, 2.75) is 38.6 Å². The van der Waals surface area contributed by atoms with Gasteiger partial charge in [0.15, 0.2) is 4.67 Å². The van der Waals surface area contributed by atoms with Crippen LogP contribution in [0.2, 0.25) is 0 Å². The fourth-order valence-electron chi connectivity index (χ4n) is 3.69. The van der Waals surface area contributed by atoms with Crippen LogP contribution < -0.4 is 5.32 Å². The van der Waals surface area contributed by atoms with Gasteiger partial charge in [0.2, 0.25) is 0 Å². The SMILES string of the molecule is CC(c1ccc(Br)o1)N1CCCC2(CCCNC2)C1. The van der Waals surface area contributed by atoms with Crippen LogP contribution in [0, 0.1) is 5.41 Å². The van der Waals surface area contributed by atoms with E-state index in [9.17, 15) is 0 Å². The van der Waals surface area contributed by atoms with Crippen LogP contribution in [0.1, 0.15) is 44.4 Å². The summed E-state index contributed by atoms with van der Waals surface area (Å²) < 4.78 is 6.57. The molecule has 3 rings (SSSR count). The molecule has 0 bridgehead atoms. The van der Waals surface area contributed by atoms with E-state index in [0.29, 0.717) is 11.5 Å². The third-order valence-corrected chi connectivity index (χ3v) is 5.23. The lowest BCUT2D eigenvalue weighted by atomic mass is 9.74. The van der Waals surface area contributed by atoms with E-state index in [1.807, 2.05) is 6.07 Å². The van der Waals surface area contributed by atoms with E-state index in [2.05, 4.69) is 39.1 Å². The maximum atomic E-state index is 5.73. The van der Waals surface area contributed by atoms with Gasteiger partial charge in [0.05, 0.1) is 6.04 Å². The van der Waals surface area contributed by atoms with E-state index in [1.165, 1.54) is 51.9 Å². The summed E-state index contributed by atoms with van der Waals surface area (Å²) in [5.74, 6) is 1.08. The Bertz CT molecular complexity index is 420. The Morgan fingerprint density at radius 1 is 1.37 bits per heavy atom. The van der Waals surface area contributed by atoms with Crippen molar-refractivity contribution in [1.29, 1.82) is 0 Å². The molecule has 0 radical (unpaired) electrons. The van der Waals surface area contributed by atoms with Gasteiger partial charge in [-0.1, -0.05) is 0 Å². The highest BCUT2D eigenvalue weighted by atomic mass is 79.9. The van der Waals surface area contributed by atoms with Gasteiger partial charge in [-0.3, -0.25) is 4.90 Å². The van der Waals surface area contributed by atoms with Gasteiger partial charge in [0.1, 0.15) is 5.76 Å². The molecule has 3 heterocycles. The van der Waals surface area contributed by atoms with Gasteiger partial charge in [0.25, 0.3) is 0 Å². The summed E-state index contributed by atoms with van der Waals surface area (Å²) in [6.07, 6.45) is 5.40. The van der Waals surface area contributed by atoms with Crippen molar-refractivity contribution < 1.29 is 4.42 Å². The summed E-state index contributed by atoms with van der Waals surface area (Å²) in [5, 5.41) is 3.59. The van der Waals surface area contributed by atoms with Crippen LogP contribution in [0.25, 0.3) is 0 Å². The van der Waals surface area contributed by atoms with Gasteiger partial charge >= 0.3 is 0 Å². The molecule has 1 N–H and O–H groups in total. The van der Waals surface area contributed by atoms with Crippen LogP contribution in [-0.2, 0) is 0 Å². The number of likely N-dealkylation sites (tertiary alicyclic amines) is 1. The second kappa shape index (κ2) is 5.58. The second-order valence-corrected chi connectivity index (χ2v) is 6.95. The molecule has 2 unspecified atom stereocenters. The van der Waals surface area contributed by atoms with E-state index in [1.54, 1.807) is 0 Å². The fourth-order valence-corrected chi connectivity index (χ4v) is 4.01. The highest BCUT2D eigenvalue weighted by Gasteiger charge is 2.38. The Balaban J connectivity index is 1.70. The molecule has 2 aliphatic heterocycles. The first-order valence-electron chi connectivity index (χ1n) is 7.39. The molecule has 0 aromatic carbocycles. The number of nitrogens with zero attached hydrogens (tertiary/aromatic N) is 1. The Hall–Kier alpha value is -0.320. The standard InChI is InChI=1S/C15H23BrN2O/c1-12(13-4-5-14(16)19-13)18-9-3-7-15(11-18)6-2-8-17-10-15/h4-5,12,17H,2-3,6-11H2,1H3. The summed E-state index contributed by atoms with van der Waals surface area (Å²) in [4.78, 5) is 2.60. The maximum absolute atomic E-state index is 5.73. The van der Waals surface area contributed by atoms with Gasteiger partial charge in [-0.25, -0.2) is 0 Å². The molecule has 1 aromatic rings. The molecule has 2 saturated heterocycles. The Morgan fingerprint density at radius 2 is 2.21 bits per heavy atom. The number of hydrogen-bond donors (Lipinski definition) is 1. The second-order valence-electron chi connectivity index (χ2n) is 6.17. The van der Waals surface area contributed by atoms with Gasteiger partial charge < -0.3 is 9.73 Å². The molecule has 2 aliphatic rings. The van der Waals surface area contributed by atoms with E-state index in [0.717, 1.165) is 10.4 Å². The van der Waals surface area contributed by atoms with E-state index in [4.69, 9.17) is 4.42 Å². The number of piperidine rings is 2. The predicted molar refractivity (Wildman–Crippen MR) is 80.2 cm³/mol. The lowest BCUT2D eigenvalue weighted by Crippen LogP contribution is -2.51.